The molecule has 3 N–H and O–H groups in total. The standard InChI is InChI=1S/C28H27N3O2.C27H25N3O2/c1-33-28(32)26(18-23-10-6-3-7-11-23)31-27-19-25(29-20-30-27)24-16-14-22(15-17-24)13-12-21-8-4-2-5-9-21;31-27(32)25(17-22-9-5-2-6-10-22)30-26-18-24(28-19-29-26)23-15-13-21(14-16-23)12-11-20-7-3-1-4-8-20/h2-11,14-17,19-20,26H,12-13,18H2,1H3,(H,29,30,31);1-10,13-16,18-19,25H,11-12,17H2,(H,31,32)(H,28,29,30). The molecule has 0 saturated carbocycles. The van der Waals surface area contributed by atoms with Crippen molar-refractivity contribution < 1.29 is 19.4 Å². The number of carbonyl (C=O) groups excluding carboxylic acids is 1. The predicted molar refractivity (Wildman–Crippen MR) is 257 cm³/mol. The van der Waals surface area contributed by atoms with E-state index in [1.54, 1.807) is 6.07 Å². The van der Waals surface area contributed by atoms with Crippen molar-refractivity contribution in [3.8, 4) is 22.5 Å². The Morgan fingerprint density at radius 3 is 1.17 bits per heavy atom. The molecule has 0 bridgehead atoms. The van der Waals surface area contributed by atoms with E-state index in [-0.39, 0.29) is 5.97 Å². The van der Waals surface area contributed by atoms with Gasteiger partial charge in [-0.3, -0.25) is 0 Å². The zero-order valence-electron chi connectivity index (χ0n) is 36.3. The van der Waals surface area contributed by atoms with E-state index in [1.807, 2.05) is 91.0 Å². The van der Waals surface area contributed by atoms with Crippen molar-refractivity contribution in [3.05, 3.63) is 228 Å². The van der Waals surface area contributed by atoms with E-state index >= 15 is 0 Å². The van der Waals surface area contributed by atoms with Crippen LogP contribution >= 0.6 is 0 Å². The minimum absolute atomic E-state index is 0.332. The number of aryl methyl sites for hydroxylation is 4. The number of methoxy groups -OCH3 is 1. The molecule has 8 aromatic rings. The van der Waals surface area contributed by atoms with Gasteiger partial charge >= 0.3 is 11.9 Å². The lowest BCUT2D eigenvalue weighted by atomic mass is 10.0. The number of esters is 1. The van der Waals surface area contributed by atoms with Crippen LogP contribution in [0.25, 0.3) is 22.5 Å². The molecule has 8 rings (SSSR count). The number of aliphatic carboxylic acids is 1. The van der Waals surface area contributed by atoms with Crippen LogP contribution in [0.2, 0.25) is 0 Å². The van der Waals surface area contributed by atoms with Crippen LogP contribution in [-0.2, 0) is 52.9 Å². The first-order valence-corrected chi connectivity index (χ1v) is 21.7. The number of nitrogens with one attached hydrogen (secondary N) is 2. The van der Waals surface area contributed by atoms with Gasteiger partial charge in [-0.05, 0) is 59.1 Å². The number of anilines is 2. The molecular weight excluding hydrogens is 809 g/mol. The van der Waals surface area contributed by atoms with Gasteiger partial charge in [0.2, 0.25) is 0 Å². The van der Waals surface area contributed by atoms with E-state index in [1.165, 1.54) is 42.0 Å². The van der Waals surface area contributed by atoms with Crippen LogP contribution in [-0.4, -0.2) is 56.2 Å². The molecule has 0 radical (unpaired) electrons. The van der Waals surface area contributed by atoms with E-state index < -0.39 is 18.1 Å². The fourth-order valence-corrected chi connectivity index (χ4v) is 7.33. The van der Waals surface area contributed by atoms with Gasteiger partial charge in [0.25, 0.3) is 0 Å². The quantitative estimate of drug-likeness (QED) is 0.0715. The van der Waals surface area contributed by atoms with Crippen molar-refractivity contribution in [2.45, 2.75) is 50.6 Å². The highest BCUT2D eigenvalue weighted by Gasteiger charge is 2.21. The van der Waals surface area contributed by atoms with Crippen LogP contribution in [0.1, 0.15) is 33.4 Å². The second-order valence-corrected chi connectivity index (χ2v) is 15.6. The number of hydrogen-bond donors (Lipinski definition) is 3. The number of benzene rings is 6. The molecule has 10 nitrogen and oxygen atoms in total. The van der Waals surface area contributed by atoms with Gasteiger partial charge in [0, 0.05) is 36.1 Å². The van der Waals surface area contributed by atoms with Gasteiger partial charge < -0.3 is 20.5 Å². The first-order chi connectivity index (χ1) is 31.9. The van der Waals surface area contributed by atoms with Gasteiger partial charge in [-0.15, -0.1) is 0 Å². The molecule has 2 heterocycles. The van der Waals surface area contributed by atoms with Gasteiger partial charge in [0.05, 0.1) is 18.5 Å². The van der Waals surface area contributed by atoms with E-state index in [4.69, 9.17) is 4.74 Å². The summed E-state index contributed by atoms with van der Waals surface area (Å²) in [6, 6.07) is 59.4. The molecule has 326 valence electrons. The molecule has 0 fully saturated rings. The van der Waals surface area contributed by atoms with Crippen molar-refractivity contribution in [2.75, 3.05) is 17.7 Å². The Labute approximate surface area is 380 Å². The fourth-order valence-electron chi connectivity index (χ4n) is 7.33. The number of ether oxygens (including phenoxy) is 1. The number of aromatic nitrogens is 4. The van der Waals surface area contributed by atoms with Crippen LogP contribution in [0.15, 0.2) is 195 Å². The van der Waals surface area contributed by atoms with E-state index in [2.05, 4.69) is 115 Å². The van der Waals surface area contributed by atoms with Crippen LogP contribution in [0, 0.1) is 0 Å². The maximum absolute atomic E-state index is 12.3. The summed E-state index contributed by atoms with van der Waals surface area (Å²) in [4.78, 5) is 41.4. The van der Waals surface area contributed by atoms with E-state index in [0.717, 1.165) is 59.3 Å². The van der Waals surface area contributed by atoms with E-state index in [0.29, 0.717) is 24.5 Å². The summed E-state index contributed by atoms with van der Waals surface area (Å²) >= 11 is 0. The number of carbonyl (C=O) groups is 2. The lowest BCUT2D eigenvalue weighted by Crippen LogP contribution is -2.33. The Kier molecular flexibility index (Phi) is 16.3. The Bertz CT molecular complexity index is 2690. The number of carboxylic acids is 1. The van der Waals surface area contributed by atoms with Gasteiger partial charge in [0.1, 0.15) is 36.4 Å². The molecule has 0 aliphatic heterocycles. The highest BCUT2D eigenvalue weighted by Crippen LogP contribution is 2.23. The zero-order valence-corrected chi connectivity index (χ0v) is 36.3. The molecule has 2 atom stereocenters. The Morgan fingerprint density at radius 1 is 0.462 bits per heavy atom. The summed E-state index contributed by atoms with van der Waals surface area (Å²) in [5.41, 5.74) is 10.7. The van der Waals surface area contributed by atoms with Crippen molar-refractivity contribution in [1.29, 1.82) is 0 Å². The summed E-state index contributed by atoms with van der Waals surface area (Å²) in [5, 5.41) is 15.9. The Balaban J connectivity index is 0.000000194. The monoisotopic (exact) mass is 860 g/mol. The molecule has 0 spiro atoms. The summed E-state index contributed by atoms with van der Waals surface area (Å²) in [6.07, 6.45) is 7.81. The van der Waals surface area contributed by atoms with Gasteiger partial charge in [-0.2, -0.15) is 0 Å². The Morgan fingerprint density at radius 2 is 0.800 bits per heavy atom. The summed E-state index contributed by atoms with van der Waals surface area (Å²) in [5.74, 6) is -0.176. The fraction of sp³-hybridized carbons (Fsp3) is 0.164. The smallest absolute Gasteiger partial charge is 0.328 e. The largest absolute Gasteiger partial charge is 0.480 e. The minimum atomic E-state index is -0.920. The topological polar surface area (TPSA) is 139 Å². The minimum Gasteiger partial charge on any atom is -0.480 e. The molecule has 65 heavy (non-hydrogen) atoms. The third kappa shape index (κ3) is 14.0. The third-order valence-electron chi connectivity index (χ3n) is 10.9. The normalized spacial score (nSPS) is 11.6. The molecule has 0 saturated heterocycles. The third-order valence-corrected chi connectivity index (χ3v) is 10.9. The summed E-state index contributed by atoms with van der Waals surface area (Å²) < 4.78 is 4.99. The molecule has 0 aliphatic carbocycles. The van der Waals surface area contributed by atoms with E-state index in [9.17, 15) is 14.7 Å². The van der Waals surface area contributed by atoms with Gasteiger partial charge in [0.15, 0.2) is 0 Å². The second-order valence-electron chi connectivity index (χ2n) is 15.6. The lowest BCUT2D eigenvalue weighted by Gasteiger charge is -2.17. The van der Waals surface area contributed by atoms with Crippen molar-refractivity contribution in [2.24, 2.45) is 0 Å². The predicted octanol–water partition coefficient (Wildman–Crippen LogP) is 10.2. The first-order valence-electron chi connectivity index (χ1n) is 21.7. The number of nitrogens with zero attached hydrogens (tertiary/aromatic N) is 4. The molecule has 0 aliphatic rings. The molecular formula is C55H52N6O4. The highest BCUT2D eigenvalue weighted by atomic mass is 16.5. The number of rotatable bonds is 18. The maximum Gasteiger partial charge on any atom is 0.328 e. The molecule has 2 aromatic heterocycles. The van der Waals surface area contributed by atoms with Gasteiger partial charge in [-0.25, -0.2) is 29.5 Å². The van der Waals surface area contributed by atoms with Crippen LogP contribution in [0.5, 0.6) is 0 Å². The van der Waals surface area contributed by atoms with Crippen molar-refractivity contribution >= 4 is 23.6 Å². The molecule has 6 aromatic carbocycles. The maximum atomic E-state index is 12.3. The van der Waals surface area contributed by atoms with Crippen molar-refractivity contribution in [3.63, 3.8) is 0 Å². The Hall–Kier alpha value is -7.98. The molecule has 10 heteroatoms. The highest BCUT2D eigenvalue weighted by molar-refractivity contribution is 5.80. The summed E-state index contributed by atoms with van der Waals surface area (Å²) in [6.45, 7) is 0. The lowest BCUT2D eigenvalue weighted by molar-refractivity contribution is -0.141. The molecule has 0 amide bonds. The average Bonchev–Trinajstić information content (AvgIpc) is 3.36. The first kappa shape index (κ1) is 45.1. The van der Waals surface area contributed by atoms with Crippen molar-refractivity contribution in [1.82, 2.24) is 19.9 Å². The summed E-state index contributed by atoms with van der Waals surface area (Å²) in [7, 11) is 1.40. The SMILES string of the molecule is COC(=O)C(Cc1ccccc1)Nc1cc(-c2ccc(CCc3ccccc3)cc2)ncn1.O=C(O)C(Cc1ccccc1)Nc1cc(-c2ccc(CCc3ccccc3)cc2)ncn1. The average molecular weight is 861 g/mol. The van der Waals surface area contributed by atoms with Gasteiger partial charge in [-0.1, -0.05) is 170 Å². The van der Waals surface area contributed by atoms with Crippen LogP contribution in [0.4, 0.5) is 11.6 Å². The zero-order chi connectivity index (χ0) is 45.1. The number of carboxylic acid groups (broad SMARTS) is 1. The number of hydrogen-bond acceptors (Lipinski definition) is 9. The van der Waals surface area contributed by atoms with Crippen LogP contribution in [0.3, 0.4) is 0 Å². The van der Waals surface area contributed by atoms with Crippen LogP contribution < -0.4 is 10.6 Å². The molecule has 2 unspecified atom stereocenters. The second kappa shape index (κ2) is 23.5.